The molecule has 1 aromatic carbocycles. The van der Waals surface area contributed by atoms with Crippen LogP contribution in [0.25, 0.3) is 0 Å². The van der Waals surface area contributed by atoms with E-state index < -0.39 is 11.2 Å². The van der Waals surface area contributed by atoms with Gasteiger partial charge in [-0.05, 0) is 44.4 Å². The largest absolute Gasteiger partial charge is 0.491 e. The maximum absolute atomic E-state index is 13.7. The van der Waals surface area contributed by atoms with E-state index in [9.17, 15) is 9.18 Å². The van der Waals surface area contributed by atoms with Crippen LogP contribution in [0.3, 0.4) is 0 Å². The molecule has 0 amide bonds. The minimum Gasteiger partial charge on any atom is -0.491 e. The molecule has 2 rings (SSSR count). The molecule has 0 aliphatic heterocycles. The molecule has 1 saturated carbocycles. The van der Waals surface area contributed by atoms with Crippen LogP contribution in [0.5, 0.6) is 5.75 Å². The SMILES string of the molecule is CCOc1ccc(C(=O)C2(C#N)CCC2)cc1F. The molecule has 0 unspecified atom stereocenters. The molecule has 1 aromatic rings. The lowest BCUT2D eigenvalue weighted by atomic mass is 9.65. The predicted molar refractivity (Wildman–Crippen MR) is 63.8 cm³/mol. The number of Topliss-reactive ketones (excluding diaryl/α,β-unsaturated/α-hetero) is 1. The number of nitrogens with zero attached hydrogens (tertiary/aromatic N) is 1. The summed E-state index contributed by atoms with van der Waals surface area (Å²) in [6, 6.07) is 6.19. The highest BCUT2D eigenvalue weighted by Crippen LogP contribution is 2.43. The fourth-order valence-corrected chi connectivity index (χ4v) is 2.11. The second-order valence-electron chi connectivity index (χ2n) is 4.45. The van der Waals surface area contributed by atoms with E-state index in [-0.39, 0.29) is 17.1 Å². The molecule has 18 heavy (non-hydrogen) atoms. The van der Waals surface area contributed by atoms with Gasteiger partial charge in [-0.25, -0.2) is 4.39 Å². The summed E-state index contributed by atoms with van der Waals surface area (Å²) in [4.78, 5) is 12.2. The number of rotatable bonds is 4. The number of benzene rings is 1. The van der Waals surface area contributed by atoms with Crippen LogP contribution in [0, 0.1) is 22.6 Å². The van der Waals surface area contributed by atoms with E-state index in [0.717, 1.165) is 12.5 Å². The van der Waals surface area contributed by atoms with Gasteiger partial charge in [0.15, 0.2) is 17.3 Å². The number of carbonyl (C=O) groups excluding carboxylic acids is 1. The summed E-state index contributed by atoms with van der Waals surface area (Å²) in [7, 11) is 0. The van der Waals surface area contributed by atoms with Crippen molar-refractivity contribution in [2.24, 2.45) is 5.41 Å². The first-order valence-electron chi connectivity index (χ1n) is 6.01. The van der Waals surface area contributed by atoms with E-state index in [1.54, 1.807) is 6.92 Å². The first-order chi connectivity index (χ1) is 8.63. The molecule has 0 aromatic heterocycles. The Hall–Kier alpha value is -1.89. The maximum atomic E-state index is 13.7. The number of nitriles is 1. The molecular weight excluding hydrogens is 233 g/mol. The summed E-state index contributed by atoms with van der Waals surface area (Å²) in [5, 5.41) is 9.09. The fraction of sp³-hybridized carbons (Fsp3) is 0.429. The van der Waals surface area contributed by atoms with Gasteiger partial charge in [0.2, 0.25) is 0 Å². The van der Waals surface area contributed by atoms with E-state index in [1.807, 2.05) is 0 Å². The molecule has 0 atom stereocenters. The highest BCUT2D eigenvalue weighted by molar-refractivity contribution is 6.03. The fourth-order valence-electron chi connectivity index (χ4n) is 2.11. The lowest BCUT2D eigenvalue weighted by molar-refractivity contribution is 0.0748. The molecular formula is C14H14FNO2. The molecule has 94 valence electrons. The van der Waals surface area contributed by atoms with Crippen molar-refractivity contribution < 1.29 is 13.9 Å². The molecule has 3 nitrogen and oxygen atoms in total. The average molecular weight is 247 g/mol. The summed E-state index contributed by atoms with van der Waals surface area (Å²) >= 11 is 0. The van der Waals surface area contributed by atoms with Gasteiger partial charge < -0.3 is 4.74 Å². The first-order valence-corrected chi connectivity index (χ1v) is 6.01. The number of hydrogen-bond acceptors (Lipinski definition) is 3. The number of halogens is 1. The highest BCUT2D eigenvalue weighted by Gasteiger charge is 2.44. The lowest BCUT2D eigenvalue weighted by Crippen LogP contribution is -2.36. The van der Waals surface area contributed by atoms with Gasteiger partial charge in [-0.1, -0.05) is 0 Å². The summed E-state index contributed by atoms with van der Waals surface area (Å²) < 4.78 is 18.7. The molecule has 0 radical (unpaired) electrons. The van der Waals surface area contributed by atoms with E-state index in [2.05, 4.69) is 6.07 Å². The molecule has 0 N–H and O–H groups in total. The van der Waals surface area contributed by atoms with Crippen molar-refractivity contribution in [3.05, 3.63) is 29.6 Å². The zero-order valence-corrected chi connectivity index (χ0v) is 10.2. The molecule has 1 aliphatic rings. The quantitative estimate of drug-likeness (QED) is 0.768. The van der Waals surface area contributed by atoms with Crippen LogP contribution >= 0.6 is 0 Å². The van der Waals surface area contributed by atoms with Gasteiger partial charge in [0, 0.05) is 5.56 Å². The Morgan fingerprint density at radius 1 is 1.56 bits per heavy atom. The molecule has 0 saturated heterocycles. The Kier molecular flexibility index (Phi) is 3.33. The van der Waals surface area contributed by atoms with Gasteiger partial charge in [0.25, 0.3) is 0 Å². The van der Waals surface area contributed by atoms with E-state index in [1.165, 1.54) is 12.1 Å². The molecule has 0 heterocycles. The summed E-state index contributed by atoms with van der Waals surface area (Å²) in [5.74, 6) is -0.707. The molecule has 0 spiro atoms. The minimum atomic E-state index is -0.931. The van der Waals surface area contributed by atoms with E-state index in [4.69, 9.17) is 10.00 Å². The van der Waals surface area contributed by atoms with Gasteiger partial charge in [0.05, 0.1) is 12.7 Å². The van der Waals surface area contributed by atoms with Crippen molar-refractivity contribution in [3.8, 4) is 11.8 Å². The van der Waals surface area contributed by atoms with Gasteiger partial charge >= 0.3 is 0 Å². The Labute approximate surface area is 105 Å². The lowest BCUT2D eigenvalue weighted by Gasteiger charge is -2.33. The second-order valence-corrected chi connectivity index (χ2v) is 4.45. The van der Waals surface area contributed by atoms with E-state index >= 15 is 0 Å². The number of carbonyl (C=O) groups is 1. The predicted octanol–water partition coefficient (Wildman–Crippen LogP) is 3.10. The molecule has 4 heteroatoms. The van der Waals surface area contributed by atoms with Gasteiger partial charge in [-0.2, -0.15) is 5.26 Å². The van der Waals surface area contributed by atoms with Crippen LogP contribution < -0.4 is 4.74 Å². The van der Waals surface area contributed by atoms with Crippen LogP contribution in [-0.2, 0) is 0 Å². The van der Waals surface area contributed by atoms with Crippen LogP contribution in [-0.4, -0.2) is 12.4 Å². The van der Waals surface area contributed by atoms with E-state index in [0.29, 0.717) is 19.4 Å². The van der Waals surface area contributed by atoms with Crippen LogP contribution in [0.1, 0.15) is 36.5 Å². The molecule has 1 fully saturated rings. The molecule has 0 bridgehead atoms. The Morgan fingerprint density at radius 3 is 2.72 bits per heavy atom. The third-order valence-electron chi connectivity index (χ3n) is 3.35. The average Bonchev–Trinajstić information content (AvgIpc) is 2.31. The van der Waals surface area contributed by atoms with Crippen molar-refractivity contribution >= 4 is 5.78 Å². The Balaban J connectivity index is 2.27. The molecule has 1 aliphatic carbocycles. The monoisotopic (exact) mass is 247 g/mol. The standard InChI is InChI=1S/C14H14FNO2/c1-2-18-12-5-4-10(8-11(12)15)13(17)14(9-16)6-3-7-14/h4-5,8H,2-3,6-7H2,1H3. The number of ether oxygens (including phenoxy) is 1. The van der Waals surface area contributed by atoms with Crippen molar-refractivity contribution in [2.75, 3.05) is 6.61 Å². The second kappa shape index (κ2) is 4.77. The highest BCUT2D eigenvalue weighted by atomic mass is 19.1. The van der Waals surface area contributed by atoms with Gasteiger partial charge in [-0.15, -0.1) is 0 Å². The topological polar surface area (TPSA) is 50.1 Å². The van der Waals surface area contributed by atoms with Gasteiger partial charge in [-0.3, -0.25) is 4.79 Å². The first kappa shape index (κ1) is 12.6. The Bertz CT molecular complexity index is 515. The van der Waals surface area contributed by atoms with Crippen molar-refractivity contribution in [3.63, 3.8) is 0 Å². The summed E-state index contributed by atoms with van der Waals surface area (Å²) in [6.45, 7) is 2.13. The summed E-state index contributed by atoms with van der Waals surface area (Å²) in [6.07, 6.45) is 2.01. The van der Waals surface area contributed by atoms with Crippen molar-refractivity contribution in [1.82, 2.24) is 0 Å². The minimum absolute atomic E-state index is 0.133. The number of ketones is 1. The summed E-state index contributed by atoms with van der Waals surface area (Å²) in [5.41, 5.74) is -0.684. The van der Waals surface area contributed by atoms with Crippen molar-refractivity contribution in [2.45, 2.75) is 26.2 Å². The third-order valence-corrected chi connectivity index (χ3v) is 3.35. The normalized spacial score (nSPS) is 16.5. The Morgan fingerprint density at radius 2 is 2.28 bits per heavy atom. The van der Waals surface area contributed by atoms with Crippen LogP contribution in [0.4, 0.5) is 4.39 Å². The van der Waals surface area contributed by atoms with Crippen LogP contribution in [0.2, 0.25) is 0 Å². The smallest absolute Gasteiger partial charge is 0.183 e. The number of hydrogen-bond donors (Lipinski definition) is 0. The van der Waals surface area contributed by atoms with Gasteiger partial charge in [0.1, 0.15) is 5.41 Å². The zero-order chi connectivity index (χ0) is 13.2. The maximum Gasteiger partial charge on any atom is 0.183 e. The zero-order valence-electron chi connectivity index (χ0n) is 10.2. The van der Waals surface area contributed by atoms with Crippen molar-refractivity contribution in [1.29, 1.82) is 5.26 Å². The van der Waals surface area contributed by atoms with Crippen LogP contribution in [0.15, 0.2) is 18.2 Å². The third kappa shape index (κ3) is 1.97.